The number of H-pyrrole nitrogens is 1. The van der Waals surface area contributed by atoms with Gasteiger partial charge in [-0.1, -0.05) is 0 Å². The molecule has 5 N–H and O–H groups in total. The average Bonchev–Trinajstić information content (AvgIpc) is 2.08. The van der Waals surface area contributed by atoms with Crippen molar-refractivity contribution in [3.63, 3.8) is 0 Å². The molecule has 1 rings (SSSR count). The summed E-state index contributed by atoms with van der Waals surface area (Å²) in [5.74, 6) is -0.734. The second kappa shape index (κ2) is 3.81. The lowest BCUT2D eigenvalue weighted by atomic mass is 10.3. The number of aromatic nitrogens is 1. The number of hydrogen-bond donors (Lipinski definition) is 3. The molecule has 5 nitrogen and oxygen atoms in total. The van der Waals surface area contributed by atoms with Crippen molar-refractivity contribution < 1.29 is 17.9 Å². The Bertz CT molecular complexity index is 413. The van der Waals surface area contributed by atoms with Gasteiger partial charge in [-0.25, -0.2) is 0 Å². The van der Waals surface area contributed by atoms with Gasteiger partial charge in [-0.05, 0) is 0 Å². The summed E-state index contributed by atoms with van der Waals surface area (Å²) in [5, 5.41) is 0. The number of hydrogen-bond acceptors (Lipinski definition) is 4. The molecule has 0 aliphatic heterocycles. The Morgan fingerprint density at radius 3 is 2.53 bits per heavy atom. The Kier molecular flexibility index (Phi) is 2.89. The summed E-state index contributed by atoms with van der Waals surface area (Å²) in [4.78, 5) is 13.2. The molecule has 1 aromatic heterocycles. The van der Waals surface area contributed by atoms with E-state index in [0.717, 1.165) is 0 Å². The van der Waals surface area contributed by atoms with Gasteiger partial charge in [0.1, 0.15) is 5.69 Å². The van der Waals surface area contributed by atoms with E-state index in [0.29, 0.717) is 6.07 Å². The third kappa shape index (κ3) is 2.88. The first kappa shape index (κ1) is 11.4. The molecule has 0 fully saturated rings. The third-order valence-electron chi connectivity index (χ3n) is 1.56. The Hall–Kier alpha value is -1.70. The Morgan fingerprint density at radius 2 is 2.07 bits per heavy atom. The lowest BCUT2D eigenvalue weighted by Gasteiger charge is -2.10. The predicted molar refractivity (Wildman–Crippen MR) is 46.0 cm³/mol. The van der Waals surface area contributed by atoms with E-state index in [1.54, 1.807) is 0 Å². The lowest BCUT2D eigenvalue weighted by Crippen LogP contribution is -2.22. The fourth-order valence-electron chi connectivity index (χ4n) is 0.938. The van der Waals surface area contributed by atoms with Crippen LogP contribution in [-0.4, -0.2) is 11.3 Å². The Morgan fingerprint density at radius 1 is 1.47 bits per heavy atom. The number of nitrogens with one attached hydrogen (secondary N) is 1. The number of alkyl halides is 3. The van der Waals surface area contributed by atoms with Crippen LogP contribution in [0.25, 0.3) is 0 Å². The first-order valence-electron chi connectivity index (χ1n) is 3.81. The van der Waals surface area contributed by atoms with Gasteiger partial charge in [0.25, 0.3) is 0 Å². The summed E-state index contributed by atoms with van der Waals surface area (Å²) < 4.78 is 38.9. The maximum atomic E-state index is 11.8. The van der Waals surface area contributed by atoms with Crippen LogP contribution in [-0.2, 0) is 6.54 Å². The van der Waals surface area contributed by atoms with Gasteiger partial charge in [0.05, 0.1) is 5.69 Å². The SMILES string of the molecule is NCc1[nH]c(OC(F)(F)F)cc(=O)c1N. The maximum absolute atomic E-state index is 11.8. The van der Waals surface area contributed by atoms with Crippen molar-refractivity contribution in [1.82, 2.24) is 4.98 Å². The first-order chi connectivity index (χ1) is 6.83. The molecule has 0 amide bonds. The monoisotopic (exact) mass is 223 g/mol. The first-order valence-corrected chi connectivity index (χ1v) is 3.81. The summed E-state index contributed by atoms with van der Waals surface area (Å²) in [6.07, 6.45) is -4.87. The highest BCUT2D eigenvalue weighted by Crippen LogP contribution is 2.20. The number of pyridine rings is 1. The molecule has 8 heteroatoms. The van der Waals surface area contributed by atoms with Gasteiger partial charge in [-0.2, -0.15) is 0 Å². The Balaban J connectivity index is 3.12. The molecule has 0 atom stereocenters. The Labute approximate surface area is 81.8 Å². The molecule has 0 radical (unpaired) electrons. The van der Waals surface area contributed by atoms with Gasteiger partial charge in [0, 0.05) is 12.6 Å². The van der Waals surface area contributed by atoms with Gasteiger partial charge >= 0.3 is 6.36 Å². The molecule has 15 heavy (non-hydrogen) atoms. The van der Waals surface area contributed by atoms with E-state index >= 15 is 0 Å². The molecule has 0 unspecified atom stereocenters. The van der Waals surface area contributed by atoms with Crippen molar-refractivity contribution in [3.8, 4) is 5.88 Å². The summed E-state index contributed by atoms with van der Waals surface area (Å²) in [7, 11) is 0. The molecule has 0 aromatic carbocycles. The number of nitrogens with two attached hydrogens (primary N) is 2. The predicted octanol–water partition coefficient (Wildman–Crippen LogP) is 0.314. The van der Waals surface area contributed by atoms with Crippen molar-refractivity contribution in [2.24, 2.45) is 5.73 Å². The molecular weight excluding hydrogens is 215 g/mol. The highest BCUT2D eigenvalue weighted by molar-refractivity contribution is 5.44. The van der Waals surface area contributed by atoms with E-state index < -0.39 is 17.7 Å². The van der Waals surface area contributed by atoms with Crippen LogP contribution in [0.4, 0.5) is 18.9 Å². The summed E-state index contributed by atoms with van der Waals surface area (Å²) in [6.45, 7) is -0.184. The van der Waals surface area contributed by atoms with Gasteiger partial charge in [0.2, 0.25) is 11.3 Å². The summed E-state index contributed by atoms with van der Waals surface area (Å²) in [5.41, 5.74) is 9.45. The minimum absolute atomic E-state index is 0.00162. The second-order valence-electron chi connectivity index (χ2n) is 2.64. The number of nitrogen functional groups attached to an aromatic ring is 1. The molecule has 0 bridgehead atoms. The molecule has 84 valence electrons. The lowest BCUT2D eigenvalue weighted by molar-refractivity contribution is -0.276. The molecule has 0 saturated heterocycles. The zero-order valence-corrected chi connectivity index (χ0v) is 7.39. The third-order valence-corrected chi connectivity index (χ3v) is 1.56. The molecule has 1 heterocycles. The largest absolute Gasteiger partial charge is 0.574 e. The second-order valence-corrected chi connectivity index (χ2v) is 2.64. The van der Waals surface area contributed by atoms with Gasteiger partial charge < -0.3 is 21.2 Å². The van der Waals surface area contributed by atoms with Crippen LogP contribution < -0.4 is 21.6 Å². The fraction of sp³-hybridized carbons (Fsp3) is 0.286. The van der Waals surface area contributed by atoms with Crippen LogP contribution in [0.3, 0.4) is 0 Å². The van der Waals surface area contributed by atoms with Crippen LogP contribution in [0.2, 0.25) is 0 Å². The highest BCUT2D eigenvalue weighted by Gasteiger charge is 2.31. The van der Waals surface area contributed by atoms with E-state index in [2.05, 4.69) is 9.72 Å². The maximum Gasteiger partial charge on any atom is 0.574 e. The minimum Gasteiger partial charge on any atom is -0.394 e. The van der Waals surface area contributed by atoms with E-state index in [1.807, 2.05) is 0 Å². The van der Waals surface area contributed by atoms with E-state index in [4.69, 9.17) is 11.5 Å². The van der Waals surface area contributed by atoms with Crippen molar-refractivity contribution >= 4 is 5.69 Å². The van der Waals surface area contributed by atoms with Crippen molar-refractivity contribution in [2.45, 2.75) is 12.9 Å². The average molecular weight is 223 g/mol. The number of aromatic amines is 1. The standard InChI is InChI=1S/C7H8F3N3O2/c8-7(9,10)15-5-1-4(14)6(12)3(2-11)13-5/h1H,2,11-12H2,(H,13,14). The molecule has 0 aliphatic carbocycles. The van der Waals surface area contributed by atoms with Crippen molar-refractivity contribution in [2.75, 3.05) is 5.73 Å². The smallest absolute Gasteiger partial charge is 0.394 e. The van der Waals surface area contributed by atoms with Crippen LogP contribution >= 0.6 is 0 Å². The zero-order valence-electron chi connectivity index (χ0n) is 7.39. The quantitative estimate of drug-likeness (QED) is 0.672. The molecule has 0 aliphatic rings. The van der Waals surface area contributed by atoms with Crippen molar-refractivity contribution in [1.29, 1.82) is 0 Å². The number of ether oxygens (including phenoxy) is 1. The van der Waals surface area contributed by atoms with Crippen LogP contribution in [0.15, 0.2) is 10.9 Å². The highest BCUT2D eigenvalue weighted by atomic mass is 19.4. The van der Waals surface area contributed by atoms with Gasteiger partial charge in [-0.3, -0.25) is 4.79 Å². The van der Waals surface area contributed by atoms with E-state index in [9.17, 15) is 18.0 Å². The molecular formula is C7H8F3N3O2. The molecule has 1 aromatic rings. The molecule has 0 saturated carbocycles. The van der Waals surface area contributed by atoms with Crippen LogP contribution in [0.1, 0.15) is 5.69 Å². The van der Waals surface area contributed by atoms with Crippen LogP contribution in [0.5, 0.6) is 5.88 Å². The van der Waals surface area contributed by atoms with E-state index in [1.165, 1.54) is 0 Å². The number of halogens is 3. The number of anilines is 1. The molecule has 0 spiro atoms. The van der Waals surface area contributed by atoms with Crippen molar-refractivity contribution in [3.05, 3.63) is 22.0 Å². The van der Waals surface area contributed by atoms with E-state index in [-0.39, 0.29) is 17.9 Å². The summed E-state index contributed by atoms with van der Waals surface area (Å²) >= 11 is 0. The zero-order chi connectivity index (χ0) is 11.6. The number of rotatable bonds is 2. The van der Waals surface area contributed by atoms with Gasteiger partial charge in [-0.15, -0.1) is 13.2 Å². The summed E-state index contributed by atoms with van der Waals surface area (Å²) in [6, 6.07) is 0.613. The topological polar surface area (TPSA) is 94.1 Å². The fourth-order valence-corrected chi connectivity index (χ4v) is 0.938. The minimum atomic E-state index is -4.87. The normalized spacial score (nSPS) is 11.5. The van der Waals surface area contributed by atoms with Gasteiger partial charge in [0.15, 0.2) is 0 Å². The van der Waals surface area contributed by atoms with Crippen LogP contribution in [0, 0.1) is 0 Å².